The number of allylic oxidation sites excluding steroid dienone is 3. The van der Waals surface area contributed by atoms with Gasteiger partial charge in [0.15, 0.2) is 0 Å². The average Bonchev–Trinajstić information content (AvgIpc) is 2.03. The zero-order valence-corrected chi connectivity index (χ0v) is 10.1. The second kappa shape index (κ2) is 5.16. The number of nitrogens with one attached hydrogen (secondary N) is 1. The zero-order valence-electron chi connectivity index (χ0n) is 10.1. The monoisotopic (exact) mass is 193 g/mol. The third kappa shape index (κ3) is 3.93. The maximum absolute atomic E-state index is 3.93. The lowest BCUT2D eigenvalue weighted by atomic mass is 9.85. The van der Waals surface area contributed by atoms with Crippen LogP contribution in [0.3, 0.4) is 0 Å². The van der Waals surface area contributed by atoms with Gasteiger partial charge in [0.25, 0.3) is 0 Å². The summed E-state index contributed by atoms with van der Waals surface area (Å²) in [6, 6.07) is 0.340. The molecule has 0 heterocycles. The van der Waals surface area contributed by atoms with Gasteiger partial charge in [0.1, 0.15) is 0 Å². The number of rotatable bonds is 4. The Bertz CT molecular complexity index is 240. The molecule has 0 aliphatic rings. The molecule has 1 atom stereocenters. The first-order valence-corrected chi connectivity index (χ1v) is 5.00. The summed E-state index contributed by atoms with van der Waals surface area (Å²) in [4.78, 5) is 0. The molecule has 1 nitrogen and oxygen atoms in total. The minimum absolute atomic E-state index is 0.207. The van der Waals surface area contributed by atoms with Crippen molar-refractivity contribution in [3.63, 3.8) is 0 Å². The highest BCUT2D eigenvalue weighted by Gasteiger charge is 2.20. The predicted molar refractivity (Wildman–Crippen MR) is 65.4 cm³/mol. The average molecular weight is 193 g/mol. The van der Waals surface area contributed by atoms with Crippen LogP contribution in [0.5, 0.6) is 0 Å². The standard InChI is InChI=1S/C13H23N/c1-8-11(10(2)3)9-12(14-7)13(4,5)6/h8-9,12,14H,1-2H2,3-7H3/b11-9-. The van der Waals surface area contributed by atoms with E-state index in [0.29, 0.717) is 6.04 Å². The lowest BCUT2D eigenvalue weighted by Crippen LogP contribution is -2.36. The Morgan fingerprint density at radius 1 is 1.36 bits per heavy atom. The Kier molecular flexibility index (Phi) is 4.86. The highest BCUT2D eigenvalue weighted by molar-refractivity contribution is 5.36. The minimum atomic E-state index is 0.207. The van der Waals surface area contributed by atoms with E-state index in [1.165, 1.54) is 0 Å². The SMILES string of the molecule is C=C/C(=C/C(NC)C(C)(C)C)C(=C)C. The normalized spacial score (nSPS) is 15.1. The number of hydrogen-bond donors (Lipinski definition) is 1. The molecule has 0 aromatic rings. The molecule has 0 aliphatic carbocycles. The molecule has 1 unspecified atom stereocenters. The fraction of sp³-hybridized carbons (Fsp3) is 0.538. The fourth-order valence-electron chi connectivity index (χ4n) is 1.33. The van der Waals surface area contributed by atoms with Gasteiger partial charge in [0.05, 0.1) is 0 Å². The van der Waals surface area contributed by atoms with E-state index in [9.17, 15) is 0 Å². The van der Waals surface area contributed by atoms with Gasteiger partial charge in [-0.3, -0.25) is 0 Å². The van der Waals surface area contributed by atoms with Crippen LogP contribution >= 0.6 is 0 Å². The van der Waals surface area contributed by atoms with Gasteiger partial charge in [-0.1, -0.05) is 51.7 Å². The first kappa shape index (κ1) is 13.2. The molecule has 14 heavy (non-hydrogen) atoms. The maximum Gasteiger partial charge on any atom is 0.0304 e. The van der Waals surface area contributed by atoms with Gasteiger partial charge in [-0.25, -0.2) is 0 Å². The second-order valence-corrected chi connectivity index (χ2v) is 4.74. The van der Waals surface area contributed by atoms with Crippen molar-refractivity contribution >= 4 is 0 Å². The van der Waals surface area contributed by atoms with E-state index >= 15 is 0 Å². The second-order valence-electron chi connectivity index (χ2n) is 4.74. The van der Waals surface area contributed by atoms with E-state index in [4.69, 9.17) is 0 Å². The molecule has 0 spiro atoms. The van der Waals surface area contributed by atoms with E-state index in [1.807, 2.05) is 20.0 Å². The van der Waals surface area contributed by atoms with Gasteiger partial charge in [-0.2, -0.15) is 0 Å². The molecule has 0 rings (SSSR count). The van der Waals surface area contributed by atoms with Crippen molar-refractivity contribution in [3.8, 4) is 0 Å². The Morgan fingerprint density at radius 3 is 2.07 bits per heavy atom. The molecule has 1 N–H and O–H groups in total. The van der Waals surface area contributed by atoms with Crippen LogP contribution < -0.4 is 5.32 Å². The van der Waals surface area contributed by atoms with Crippen LogP contribution in [0.2, 0.25) is 0 Å². The van der Waals surface area contributed by atoms with E-state index in [1.54, 1.807) is 0 Å². The third-order valence-corrected chi connectivity index (χ3v) is 2.30. The van der Waals surface area contributed by atoms with E-state index in [2.05, 4.69) is 45.3 Å². The Balaban J connectivity index is 4.89. The van der Waals surface area contributed by atoms with Crippen LogP contribution in [0.4, 0.5) is 0 Å². The van der Waals surface area contributed by atoms with Crippen molar-refractivity contribution in [2.45, 2.75) is 33.7 Å². The van der Waals surface area contributed by atoms with E-state index in [-0.39, 0.29) is 5.41 Å². The molecule has 0 saturated heterocycles. The Labute approximate surface area is 88.6 Å². The van der Waals surface area contributed by atoms with Crippen LogP contribution in [-0.4, -0.2) is 13.1 Å². The summed E-state index contributed by atoms with van der Waals surface area (Å²) in [5, 5.41) is 3.30. The van der Waals surface area contributed by atoms with Crippen molar-refractivity contribution in [2.24, 2.45) is 5.41 Å². The van der Waals surface area contributed by atoms with Crippen LogP contribution in [0.15, 0.2) is 36.5 Å². The van der Waals surface area contributed by atoms with Crippen LogP contribution in [0.25, 0.3) is 0 Å². The minimum Gasteiger partial charge on any atom is -0.313 e. The number of hydrogen-bond acceptors (Lipinski definition) is 1. The van der Waals surface area contributed by atoms with Crippen LogP contribution in [0, 0.1) is 5.41 Å². The highest BCUT2D eigenvalue weighted by atomic mass is 14.9. The summed E-state index contributed by atoms with van der Waals surface area (Å²) in [5.74, 6) is 0. The lowest BCUT2D eigenvalue weighted by molar-refractivity contribution is 0.328. The molecule has 0 aliphatic heterocycles. The summed E-state index contributed by atoms with van der Waals surface area (Å²) in [6.07, 6.45) is 4.05. The summed E-state index contributed by atoms with van der Waals surface area (Å²) >= 11 is 0. The van der Waals surface area contributed by atoms with Crippen LogP contribution in [-0.2, 0) is 0 Å². The molecule has 80 valence electrons. The largest absolute Gasteiger partial charge is 0.313 e. The van der Waals surface area contributed by atoms with E-state index < -0.39 is 0 Å². The Hall–Kier alpha value is -0.820. The predicted octanol–water partition coefficient (Wildman–Crippen LogP) is 3.31. The molecule has 0 aromatic carbocycles. The zero-order chi connectivity index (χ0) is 11.4. The topological polar surface area (TPSA) is 12.0 Å². The molecule has 0 radical (unpaired) electrons. The Morgan fingerprint density at radius 2 is 1.86 bits per heavy atom. The molecule has 0 saturated carbocycles. The molecule has 0 amide bonds. The smallest absolute Gasteiger partial charge is 0.0304 e. The highest BCUT2D eigenvalue weighted by Crippen LogP contribution is 2.22. The van der Waals surface area contributed by atoms with Gasteiger partial charge in [0.2, 0.25) is 0 Å². The molecule has 1 heteroatoms. The lowest BCUT2D eigenvalue weighted by Gasteiger charge is -2.28. The van der Waals surface area contributed by atoms with Crippen molar-refractivity contribution in [1.82, 2.24) is 5.32 Å². The summed E-state index contributed by atoms with van der Waals surface area (Å²) in [7, 11) is 1.98. The summed E-state index contributed by atoms with van der Waals surface area (Å²) in [5.41, 5.74) is 2.39. The van der Waals surface area contributed by atoms with E-state index in [0.717, 1.165) is 11.1 Å². The quantitative estimate of drug-likeness (QED) is 0.675. The van der Waals surface area contributed by atoms with Crippen molar-refractivity contribution in [1.29, 1.82) is 0 Å². The summed E-state index contributed by atoms with van der Waals surface area (Å²) < 4.78 is 0. The van der Waals surface area contributed by atoms with Gasteiger partial charge < -0.3 is 5.32 Å². The fourth-order valence-corrected chi connectivity index (χ4v) is 1.33. The molecule has 0 bridgehead atoms. The van der Waals surface area contributed by atoms with Gasteiger partial charge in [-0.15, -0.1) is 0 Å². The molecular formula is C13H23N. The maximum atomic E-state index is 3.93. The first-order chi connectivity index (χ1) is 6.32. The van der Waals surface area contributed by atoms with Crippen LogP contribution in [0.1, 0.15) is 27.7 Å². The first-order valence-electron chi connectivity index (χ1n) is 5.00. The van der Waals surface area contributed by atoms with Gasteiger partial charge >= 0.3 is 0 Å². The van der Waals surface area contributed by atoms with Crippen molar-refractivity contribution in [3.05, 3.63) is 36.5 Å². The molecule has 0 fully saturated rings. The third-order valence-electron chi connectivity index (χ3n) is 2.30. The molecule has 0 aromatic heterocycles. The van der Waals surface area contributed by atoms with Gasteiger partial charge in [0, 0.05) is 6.04 Å². The van der Waals surface area contributed by atoms with Gasteiger partial charge in [-0.05, 0) is 25.0 Å². The summed E-state index contributed by atoms with van der Waals surface area (Å²) in [6.45, 7) is 16.4. The van der Waals surface area contributed by atoms with Crippen molar-refractivity contribution < 1.29 is 0 Å². The molecular weight excluding hydrogens is 170 g/mol. The number of likely N-dealkylation sites (N-methyl/N-ethyl adjacent to an activating group) is 1. The van der Waals surface area contributed by atoms with Crippen molar-refractivity contribution in [2.75, 3.05) is 7.05 Å².